The molecule has 0 radical (unpaired) electrons. The first-order valence-corrected chi connectivity index (χ1v) is 13.0. The lowest BCUT2D eigenvalue weighted by atomic mass is 9.29. The van der Waals surface area contributed by atoms with Crippen molar-refractivity contribution in [1.82, 2.24) is 0 Å². The van der Waals surface area contributed by atoms with Crippen molar-refractivity contribution in [2.75, 3.05) is 11.5 Å². The number of hydrogen-bond donors (Lipinski definition) is 2. The van der Waals surface area contributed by atoms with Crippen molar-refractivity contribution in [3.05, 3.63) is 57.6 Å². The van der Waals surface area contributed by atoms with Crippen LogP contribution in [0.15, 0.2) is 24.3 Å². The predicted molar refractivity (Wildman–Crippen MR) is 133 cm³/mol. The van der Waals surface area contributed by atoms with Gasteiger partial charge in [0.15, 0.2) is 0 Å². The lowest BCUT2D eigenvalue weighted by Crippen LogP contribution is -2.69. The third-order valence-corrected chi connectivity index (χ3v) is 11.5. The molecule has 0 spiro atoms. The Kier molecular flexibility index (Phi) is 3.62. The molecule has 8 bridgehead atoms. The third kappa shape index (κ3) is 2.22. The molecule has 4 N–H and O–H groups in total. The van der Waals surface area contributed by atoms with Gasteiger partial charge in [0, 0.05) is 11.4 Å². The summed E-state index contributed by atoms with van der Waals surface area (Å²) in [4.78, 5) is 0. The van der Waals surface area contributed by atoms with E-state index >= 15 is 0 Å². The highest BCUT2D eigenvalue weighted by molar-refractivity contribution is 5.57. The first-order chi connectivity index (χ1) is 15.2. The topological polar surface area (TPSA) is 52.0 Å². The molecule has 168 valence electrons. The Labute approximate surface area is 193 Å². The van der Waals surface area contributed by atoms with E-state index in [0.717, 1.165) is 46.9 Å². The summed E-state index contributed by atoms with van der Waals surface area (Å²) < 4.78 is 0. The van der Waals surface area contributed by atoms with Crippen LogP contribution in [0, 0.1) is 63.2 Å². The van der Waals surface area contributed by atoms with Crippen LogP contribution < -0.4 is 11.5 Å². The van der Waals surface area contributed by atoms with E-state index in [0.29, 0.717) is 10.8 Å². The van der Waals surface area contributed by atoms with E-state index in [1.807, 2.05) is 0 Å². The molecule has 0 aliphatic heterocycles. The molecule has 7 aliphatic carbocycles. The molecule has 9 rings (SSSR count). The molecular formula is C30H38N2. The third-order valence-electron chi connectivity index (χ3n) is 11.5. The minimum absolute atomic E-state index is 0.429. The summed E-state index contributed by atoms with van der Waals surface area (Å²) in [6, 6.07) is 9.82. The van der Waals surface area contributed by atoms with Gasteiger partial charge < -0.3 is 11.5 Å². The fourth-order valence-corrected chi connectivity index (χ4v) is 10.2. The van der Waals surface area contributed by atoms with Crippen molar-refractivity contribution >= 4 is 11.4 Å². The summed E-state index contributed by atoms with van der Waals surface area (Å²) in [5, 5.41) is 0. The van der Waals surface area contributed by atoms with Gasteiger partial charge in [-0.1, -0.05) is 24.3 Å². The van der Waals surface area contributed by atoms with Crippen LogP contribution >= 0.6 is 0 Å². The second kappa shape index (κ2) is 5.93. The molecule has 0 aromatic heterocycles. The van der Waals surface area contributed by atoms with Gasteiger partial charge in [0.2, 0.25) is 0 Å². The number of hydrogen-bond acceptors (Lipinski definition) is 2. The Morgan fingerprint density at radius 3 is 0.938 bits per heavy atom. The van der Waals surface area contributed by atoms with Crippen LogP contribution in [0.2, 0.25) is 0 Å². The van der Waals surface area contributed by atoms with Crippen molar-refractivity contribution in [2.24, 2.45) is 35.5 Å². The number of rotatable bonds is 2. The fourth-order valence-electron chi connectivity index (χ4n) is 10.2. The van der Waals surface area contributed by atoms with Crippen LogP contribution in [0.3, 0.4) is 0 Å². The Bertz CT molecular complexity index is 957. The standard InChI is InChI=1S/C30H38N2/c1-15-5-19(6-16(2)27(15)31)29-9-21-24-12-30(20-7-17(3)28(32)18(4)8-20)13-25(21)23(11-29)26(14-30)22(24)10-29/h5-8,21-26H,9-14,31-32H2,1-4H3. The molecule has 0 amide bonds. The monoisotopic (exact) mass is 426 g/mol. The maximum atomic E-state index is 6.34. The Hall–Kier alpha value is -1.96. The largest absolute Gasteiger partial charge is 0.398 e. The van der Waals surface area contributed by atoms with Gasteiger partial charge in [-0.3, -0.25) is 0 Å². The van der Waals surface area contributed by atoms with Crippen LogP contribution in [-0.2, 0) is 10.8 Å². The van der Waals surface area contributed by atoms with Gasteiger partial charge in [-0.05, 0) is 146 Å². The minimum Gasteiger partial charge on any atom is -0.398 e. The minimum atomic E-state index is 0.429. The molecule has 2 nitrogen and oxygen atoms in total. The van der Waals surface area contributed by atoms with Crippen LogP contribution in [0.4, 0.5) is 11.4 Å². The molecule has 7 saturated carbocycles. The van der Waals surface area contributed by atoms with E-state index in [9.17, 15) is 0 Å². The van der Waals surface area contributed by atoms with Gasteiger partial charge in [0.25, 0.3) is 0 Å². The Balaban J connectivity index is 1.28. The number of nitrogens with two attached hydrogens (primary N) is 2. The molecule has 0 atom stereocenters. The zero-order chi connectivity index (χ0) is 22.2. The van der Waals surface area contributed by atoms with Gasteiger partial charge in [-0.2, -0.15) is 0 Å². The molecule has 0 heterocycles. The highest BCUT2D eigenvalue weighted by Crippen LogP contribution is 2.77. The number of aryl methyl sites for hydroxylation is 4. The Morgan fingerprint density at radius 1 is 0.500 bits per heavy atom. The van der Waals surface area contributed by atoms with Crippen LogP contribution in [0.5, 0.6) is 0 Å². The van der Waals surface area contributed by atoms with Crippen LogP contribution in [-0.4, -0.2) is 0 Å². The SMILES string of the molecule is Cc1cc(C23CC4C5CC6(c7cc(C)c(N)c(C)c7)CC4C(C2)C(C6)C5C3)cc(C)c1N. The summed E-state index contributed by atoms with van der Waals surface area (Å²) in [7, 11) is 0. The Morgan fingerprint density at radius 2 is 0.719 bits per heavy atom. The van der Waals surface area contributed by atoms with Gasteiger partial charge in [-0.15, -0.1) is 0 Å². The van der Waals surface area contributed by atoms with E-state index in [2.05, 4.69) is 52.0 Å². The molecule has 0 saturated heterocycles. The zero-order valence-corrected chi connectivity index (χ0v) is 20.2. The van der Waals surface area contributed by atoms with Crippen molar-refractivity contribution < 1.29 is 0 Å². The first kappa shape index (κ1) is 19.5. The average molecular weight is 427 g/mol. The molecule has 0 unspecified atom stereocenters. The highest BCUT2D eigenvalue weighted by atomic mass is 14.7. The van der Waals surface area contributed by atoms with Crippen molar-refractivity contribution in [3.63, 3.8) is 0 Å². The lowest BCUT2D eigenvalue weighted by molar-refractivity contribution is -0.221. The smallest absolute Gasteiger partial charge is 0.0373 e. The molecule has 2 aromatic carbocycles. The van der Waals surface area contributed by atoms with E-state index in [1.54, 1.807) is 11.1 Å². The fraction of sp³-hybridized carbons (Fsp3) is 0.600. The zero-order valence-electron chi connectivity index (χ0n) is 20.2. The summed E-state index contributed by atoms with van der Waals surface area (Å²) in [6.07, 6.45) is 8.59. The highest BCUT2D eigenvalue weighted by Gasteiger charge is 2.70. The maximum Gasteiger partial charge on any atom is 0.0373 e. The van der Waals surface area contributed by atoms with E-state index in [4.69, 9.17) is 11.5 Å². The van der Waals surface area contributed by atoms with Gasteiger partial charge in [0.05, 0.1) is 0 Å². The second-order valence-electron chi connectivity index (χ2n) is 12.8. The molecule has 7 aliphatic rings. The molecule has 2 aromatic rings. The van der Waals surface area contributed by atoms with Crippen LogP contribution in [0.25, 0.3) is 0 Å². The first-order valence-electron chi connectivity index (χ1n) is 13.0. The molecule has 2 heteroatoms. The van der Waals surface area contributed by atoms with Crippen molar-refractivity contribution in [2.45, 2.75) is 77.0 Å². The van der Waals surface area contributed by atoms with Crippen molar-refractivity contribution in [3.8, 4) is 0 Å². The van der Waals surface area contributed by atoms with Gasteiger partial charge in [-0.25, -0.2) is 0 Å². The normalized spacial score (nSPS) is 42.8. The summed E-state index contributed by atoms with van der Waals surface area (Å²) in [5.41, 5.74) is 23.9. The van der Waals surface area contributed by atoms with E-state index < -0.39 is 0 Å². The van der Waals surface area contributed by atoms with Gasteiger partial charge >= 0.3 is 0 Å². The second-order valence-corrected chi connectivity index (χ2v) is 12.8. The quantitative estimate of drug-likeness (QED) is 0.549. The summed E-state index contributed by atoms with van der Waals surface area (Å²) >= 11 is 0. The average Bonchev–Trinajstić information content (AvgIpc) is 2.78. The number of nitrogen functional groups attached to an aromatic ring is 2. The van der Waals surface area contributed by atoms with Gasteiger partial charge in [0.1, 0.15) is 0 Å². The maximum absolute atomic E-state index is 6.34. The number of anilines is 2. The molecule has 7 fully saturated rings. The molecular weight excluding hydrogens is 388 g/mol. The van der Waals surface area contributed by atoms with E-state index in [-0.39, 0.29) is 0 Å². The number of benzene rings is 2. The van der Waals surface area contributed by atoms with Crippen molar-refractivity contribution in [1.29, 1.82) is 0 Å². The predicted octanol–water partition coefficient (Wildman–Crippen LogP) is 6.37. The molecule has 32 heavy (non-hydrogen) atoms. The summed E-state index contributed by atoms with van der Waals surface area (Å²) in [5.74, 6) is 5.70. The lowest BCUT2D eigenvalue weighted by Gasteiger charge is -2.75. The van der Waals surface area contributed by atoms with E-state index in [1.165, 1.54) is 60.8 Å². The summed E-state index contributed by atoms with van der Waals surface area (Å²) in [6.45, 7) is 8.83. The van der Waals surface area contributed by atoms with Crippen LogP contribution in [0.1, 0.15) is 71.9 Å².